The van der Waals surface area contributed by atoms with Crippen LogP contribution in [0.25, 0.3) is 83.3 Å². The normalized spacial score (nSPS) is 13.5. The van der Waals surface area contributed by atoms with Crippen molar-refractivity contribution in [3.8, 4) is 39.6 Å². The Labute approximate surface area is 271 Å². The summed E-state index contributed by atoms with van der Waals surface area (Å²) >= 11 is 0. The van der Waals surface area contributed by atoms with Gasteiger partial charge in [-0.05, 0) is 46.5 Å². The molecule has 3 aromatic heterocycles. The van der Waals surface area contributed by atoms with Crippen molar-refractivity contribution in [2.24, 2.45) is 0 Å². The van der Waals surface area contributed by atoms with Crippen LogP contribution in [0.2, 0.25) is 0 Å². The minimum absolute atomic E-state index is 0.111. The van der Waals surface area contributed by atoms with Crippen molar-refractivity contribution in [2.45, 2.75) is 19.3 Å². The molecule has 10 rings (SSSR count). The second kappa shape index (κ2) is 9.51. The van der Waals surface area contributed by atoms with Crippen molar-refractivity contribution < 1.29 is 4.42 Å². The molecule has 3 heterocycles. The highest BCUT2D eigenvalue weighted by Crippen LogP contribution is 2.49. The molecular weight excluding hydrogens is 574 g/mol. The lowest BCUT2D eigenvalue weighted by Gasteiger charge is -2.22. The molecule has 0 radical (unpaired) electrons. The van der Waals surface area contributed by atoms with Gasteiger partial charge in [0, 0.05) is 44.2 Å². The molecule has 1 aliphatic rings. The molecule has 0 N–H and O–H groups in total. The molecule has 0 amide bonds. The summed E-state index contributed by atoms with van der Waals surface area (Å²) in [4.78, 5) is 10.5. The van der Waals surface area contributed by atoms with Crippen LogP contribution < -0.4 is 0 Å². The summed E-state index contributed by atoms with van der Waals surface area (Å²) in [7, 11) is 0. The van der Waals surface area contributed by atoms with Crippen molar-refractivity contribution in [2.75, 3.05) is 0 Å². The van der Waals surface area contributed by atoms with Crippen LogP contribution >= 0.6 is 0 Å². The van der Waals surface area contributed by atoms with Gasteiger partial charge in [-0.1, -0.05) is 123 Å². The first-order chi connectivity index (χ1) is 23.1. The van der Waals surface area contributed by atoms with Gasteiger partial charge in [0.1, 0.15) is 11.4 Å². The largest absolute Gasteiger partial charge is 0.454 e. The minimum Gasteiger partial charge on any atom is -0.454 e. The van der Waals surface area contributed by atoms with Crippen LogP contribution in [0, 0.1) is 0 Å². The van der Waals surface area contributed by atoms with E-state index < -0.39 is 0 Å². The van der Waals surface area contributed by atoms with E-state index >= 15 is 0 Å². The van der Waals surface area contributed by atoms with Crippen molar-refractivity contribution in [3.05, 3.63) is 151 Å². The Morgan fingerprint density at radius 2 is 1.28 bits per heavy atom. The summed E-state index contributed by atoms with van der Waals surface area (Å²) in [6.45, 7) is 4.64. The molecule has 6 aromatic carbocycles. The Kier molecular flexibility index (Phi) is 5.31. The Morgan fingerprint density at radius 3 is 2.17 bits per heavy atom. The van der Waals surface area contributed by atoms with E-state index in [4.69, 9.17) is 14.4 Å². The number of aromatic nitrogens is 3. The third kappa shape index (κ3) is 3.70. The number of benzene rings is 6. The van der Waals surface area contributed by atoms with E-state index in [1.165, 1.54) is 22.3 Å². The smallest absolute Gasteiger partial charge is 0.162 e. The minimum atomic E-state index is -0.111. The van der Waals surface area contributed by atoms with Gasteiger partial charge < -0.3 is 4.42 Å². The zero-order valence-corrected chi connectivity index (χ0v) is 26.0. The van der Waals surface area contributed by atoms with E-state index in [0.717, 1.165) is 66.4 Å². The first-order valence-electron chi connectivity index (χ1n) is 16.1. The number of para-hydroxylation sites is 2. The lowest BCUT2D eigenvalue weighted by atomic mass is 9.82. The average Bonchev–Trinajstić information content (AvgIpc) is 3.74. The van der Waals surface area contributed by atoms with Gasteiger partial charge in [-0.3, -0.25) is 4.57 Å². The van der Waals surface area contributed by atoms with E-state index in [1.54, 1.807) is 0 Å². The molecule has 0 bridgehead atoms. The maximum absolute atomic E-state index is 6.63. The molecule has 4 nitrogen and oxygen atoms in total. The van der Waals surface area contributed by atoms with Gasteiger partial charge in [0.15, 0.2) is 11.4 Å². The Morgan fingerprint density at radius 1 is 0.553 bits per heavy atom. The van der Waals surface area contributed by atoms with E-state index in [2.05, 4.69) is 128 Å². The highest BCUT2D eigenvalue weighted by Gasteiger charge is 2.35. The first kappa shape index (κ1) is 26.2. The van der Waals surface area contributed by atoms with Gasteiger partial charge in [-0.25, -0.2) is 9.97 Å². The maximum Gasteiger partial charge on any atom is 0.162 e. The lowest BCUT2D eigenvalue weighted by molar-refractivity contribution is 0.660. The number of rotatable bonds is 3. The highest BCUT2D eigenvalue weighted by molar-refractivity contribution is 6.21. The number of nitrogens with zero attached hydrogens (tertiary/aromatic N) is 3. The number of furan rings is 1. The van der Waals surface area contributed by atoms with E-state index in [9.17, 15) is 0 Å². The lowest BCUT2D eigenvalue weighted by Crippen LogP contribution is -2.15. The molecule has 0 unspecified atom stereocenters. The molecular formula is C43H29N3O. The summed E-state index contributed by atoms with van der Waals surface area (Å²) in [6, 6.07) is 49.2. The fourth-order valence-electron chi connectivity index (χ4n) is 7.75. The van der Waals surface area contributed by atoms with Gasteiger partial charge in [-0.2, -0.15) is 0 Å². The standard InChI is InChI=1S/C43H29N3O/c1-43(2)34-17-9-6-14-28(34)29-21-20-27(24-35(29)43)36-25-39(45-42(44-36)26-12-4-3-5-13-26)46-37-18-10-7-15-30(37)32-22-23-33-31-16-8-11-19-38(31)47-41(33)40(32)46/h3-25H,1-2H3. The molecule has 0 aliphatic heterocycles. The molecule has 0 saturated carbocycles. The molecule has 0 fully saturated rings. The molecule has 1 aliphatic carbocycles. The van der Waals surface area contributed by atoms with Crippen molar-refractivity contribution in [1.82, 2.24) is 14.5 Å². The second-order valence-electron chi connectivity index (χ2n) is 13.0. The van der Waals surface area contributed by atoms with Crippen LogP contribution in [0.3, 0.4) is 0 Å². The third-order valence-corrected chi connectivity index (χ3v) is 10.0. The van der Waals surface area contributed by atoms with Gasteiger partial charge in [-0.15, -0.1) is 0 Å². The molecule has 0 saturated heterocycles. The molecule has 9 aromatic rings. The fraction of sp³-hybridized carbons (Fsp3) is 0.0698. The van der Waals surface area contributed by atoms with E-state index in [0.29, 0.717) is 5.82 Å². The predicted octanol–water partition coefficient (Wildman–Crippen LogP) is 11.1. The molecule has 47 heavy (non-hydrogen) atoms. The summed E-state index contributed by atoms with van der Waals surface area (Å²) in [6.07, 6.45) is 0. The number of fused-ring (bicyclic) bond motifs is 10. The van der Waals surface area contributed by atoms with E-state index in [-0.39, 0.29) is 5.41 Å². The Hall–Kier alpha value is -6.00. The number of hydrogen-bond acceptors (Lipinski definition) is 3. The molecule has 0 atom stereocenters. The van der Waals surface area contributed by atoms with Crippen molar-refractivity contribution in [3.63, 3.8) is 0 Å². The second-order valence-corrected chi connectivity index (χ2v) is 13.0. The summed E-state index contributed by atoms with van der Waals surface area (Å²) in [5.41, 5.74) is 11.9. The fourth-order valence-corrected chi connectivity index (χ4v) is 7.75. The van der Waals surface area contributed by atoms with Crippen molar-refractivity contribution >= 4 is 43.7 Å². The summed E-state index contributed by atoms with van der Waals surface area (Å²) in [5.74, 6) is 1.49. The Balaban J connectivity index is 1.28. The molecule has 222 valence electrons. The highest BCUT2D eigenvalue weighted by atomic mass is 16.3. The number of hydrogen-bond donors (Lipinski definition) is 0. The van der Waals surface area contributed by atoms with Gasteiger partial charge in [0.25, 0.3) is 0 Å². The van der Waals surface area contributed by atoms with Crippen LogP contribution in [0.4, 0.5) is 0 Å². The maximum atomic E-state index is 6.63. The summed E-state index contributed by atoms with van der Waals surface area (Å²) < 4.78 is 8.89. The van der Waals surface area contributed by atoms with Crippen LogP contribution in [0.15, 0.2) is 144 Å². The monoisotopic (exact) mass is 603 g/mol. The first-order valence-corrected chi connectivity index (χ1v) is 16.1. The van der Waals surface area contributed by atoms with Gasteiger partial charge in [0.2, 0.25) is 0 Å². The molecule has 0 spiro atoms. The van der Waals surface area contributed by atoms with Crippen LogP contribution in [0.5, 0.6) is 0 Å². The van der Waals surface area contributed by atoms with Crippen LogP contribution in [-0.2, 0) is 5.41 Å². The average molecular weight is 604 g/mol. The quantitative estimate of drug-likeness (QED) is 0.202. The van der Waals surface area contributed by atoms with Gasteiger partial charge in [0.05, 0.1) is 16.7 Å². The van der Waals surface area contributed by atoms with Crippen molar-refractivity contribution in [1.29, 1.82) is 0 Å². The van der Waals surface area contributed by atoms with Gasteiger partial charge >= 0.3 is 0 Å². The Bertz CT molecular complexity index is 2710. The van der Waals surface area contributed by atoms with E-state index in [1.807, 2.05) is 30.3 Å². The van der Waals surface area contributed by atoms with Crippen LogP contribution in [-0.4, -0.2) is 14.5 Å². The third-order valence-electron chi connectivity index (χ3n) is 10.0. The van der Waals surface area contributed by atoms with Crippen LogP contribution in [0.1, 0.15) is 25.0 Å². The topological polar surface area (TPSA) is 43.9 Å². The molecule has 4 heteroatoms. The SMILES string of the molecule is CC1(C)c2ccccc2-c2ccc(-c3cc(-n4c5ccccc5c5ccc6c7ccccc7oc6c54)nc(-c4ccccc4)n3)cc21. The zero-order chi connectivity index (χ0) is 31.3. The zero-order valence-electron chi connectivity index (χ0n) is 26.0. The summed E-state index contributed by atoms with van der Waals surface area (Å²) in [5, 5.41) is 4.49. The predicted molar refractivity (Wildman–Crippen MR) is 192 cm³/mol.